The Labute approximate surface area is 156 Å². The summed E-state index contributed by atoms with van der Waals surface area (Å²) >= 11 is 0. The van der Waals surface area contributed by atoms with Crippen LogP contribution in [0.3, 0.4) is 0 Å². The van der Waals surface area contributed by atoms with Gasteiger partial charge in [0.05, 0.1) is 17.1 Å². The predicted molar refractivity (Wildman–Crippen MR) is 111 cm³/mol. The van der Waals surface area contributed by atoms with E-state index in [1.807, 2.05) is 24.3 Å². The van der Waals surface area contributed by atoms with Gasteiger partial charge < -0.3 is 16.2 Å². The normalized spacial score (nSPS) is 12.9. The molecule has 0 radical (unpaired) electrons. The van der Waals surface area contributed by atoms with Gasteiger partial charge in [0.15, 0.2) is 0 Å². The average molecular weight is 350 g/mol. The lowest BCUT2D eigenvalue weighted by Gasteiger charge is -2.19. The lowest BCUT2D eigenvalue weighted by atomic mass is 9.86. The van der Waals surface area contributed by atoms with Gasteiger partial charge in [-0.3, -0.25) is 0 Å². The first-order valence-electron chi connectivity index (χ1n) is 8.60. The molecule has 6 nitrogen and oxygen atoms in total. The number of rotatable bonds is 3. The van der Waals surface area contributed by atoms with Gasteiger partial charge in [-0.1, -0.05) is 45.0 Å². The Morgan fingerprint density at radius 3 is 2.42 bits per heavy atom. The van der Waals surface area contributed by atoms with Crippen LogP contribution in [0.2, 0.25) is 0 Å². The number of aromatic nitrogens is 2. The van der Waals surface area contributed by atoms with Crippen LogP contribution in [0.4, 0.5) is 22.9 Å². The molecule has 6 heteroatoms. The Balaban J connectivity index is 0.00000140. The molecule has 1 aliphatic rings. The third-order valence-corrected chi connectivity index (χ3v) is 4.40. The van der Waals surface area contributed by atoms with Crippen LogP contribution in [0.25, 0.3) is 11.3 Å². The first-order valence-corrected chi connectivity index (χ1v) is 8.60. The van der Waals surface area contributed by atoms with Crippen molar-refractivity contribution in [2.75, 3.05) is 16.2 Å². The Morgan fingerprint density at radius 2 is 1.65 bits per heavy atom. The van der Waals surface area contributed by atoms with Crippen LogP contribution in [-0.2, 0) is 5.41 Å². The van der Waals surface area contributed by atoms with Gasteiger partial charge in [-0.15, -0.1) is 5.53 Å². The largest absolute Gasteiger partial charge is 0.340 e. The molecular formula is C20H26N6. The van der Waals surface area contributed by atoms with Crippen molar-refractivity contribution >= 4 is 22.9 Å². The molecule has 0 saturated heterocycles. The summed E-state index contributed by atoms with van der Waals surface area (Å²) in [4.78, 5) is 8.75. The number of fused-ring (bicyclic) bond motifs is 1. The zero-order valence-electron chi connectivity index (χ0n) is 15.1. The summed E-state index contributed by atoms with van der Waals surface area (Å²) in [6.07, 6.45) is 1.59. The highest BCUT2D eigenvalue weighted by atomic mass is 15.6. The summed E-state index contributed by atoms with van der Waals surface area (Å²) in [5.41, 5.74) is 15.3. The number of hydrogen-bond acceptors (Lipinski definition) is 6. The van der Waals surface area contributed by atoms with E-state index in [1.54, 1.807) is 6.33 Å². The van der Waals surface area contributed by atoms with Crippen LogP contribution in [0, 0.1) is 0 Å². The molecule has 0 atom stereocenters. The fourth-order valence-corrected chi connectivity index (χ4v) is 2.87. The van der Waals surface area contributed by atoms with Crippen molar-refractivity contribution in [2.45, 2.75) is 26.2 Å². The molecule has 1 aliphatic heterocycles. The highest BCUT2D eigenvalue weighted by Crippen LogP contribution is 2.30. The molecule has 136 valence electrons. The zero-order valence-corrected chi connectivity index (χ0v) is 15.1. The van der Waals surface area contributed by atoms with E-state index in [9.17, 15) is 0 Å². The van der Waals surface area contributed by atoms with Crippen molar-refractivity contribution in [3.63, 3.8) is 0 Å². The summed E-state index contributed by atoms with van der Waals surface area (Å²) in [6, 6.07) is 16.5. The topological polar surface area (TPSA) is 73.9 Å². The van der Waals surface area contributed by atoms with Gasteiger partial charge in [0.1, 0.15) is 12.1 Å². The molecular weight excluding hydrogens is 324 g/mol. The molecule has 3 aromatic rings. The standard InChI is InChI=1S/C20H22N6.2H2/c1-20(2,3)14-6-4-13(5-7-14)17-11-19(22-12-21-17)23-15-8-9-16-18(10-15)25-26-24-16;;/h4-12,24-26H,1-3H3,(H,21,22,23);2*1H. The minimum Gasteiger partial charge on any atom is -0.340 e. The third-order valence-electron chi connectivity index (χ3n) is 4.40. The van der Waals surface area contributed by atoms with Crippen molar-refractivity contribution in [3.05, 3.63) is 60.4 Å². The van der Waals surface area contributed by atoms with E-state index in [0.29, 0.717) is 0 Å². The van der Waals surface area contributed by atoms with E-state index in [4.69, 9.17) is 0 Å². The molecule has 0 amide bonds. The molecule has 0 aliphatic carbocycles. The molecule has 2 heterocycles. The number of anilines is 4. The average Bonchev–Trinajstić information content (AvgIpc) is 3.09. The minimum atomic E-state index is 0. The number of nitrogens with zero attached hydrogens (tertiary/aromatic N) is 2. The number of nitrogens with one attached hydrogen (secondary N) is 4. The number of hydrogen-bond donors (Lipinski definition) is 4. The minimum absolute atomic E-state index is 0. The third kappa shape index (κ3) is 3.32. The van der Waals surface area contributed by atoms with E-state index in [1.165, 1.54) is 5.56 Å². The summed E-state index contributed by atoms with van der Waals surface area (Å²) in [6.45, 7) is 6.64. The quantitative estimate of drug-likeness (QED) is 0.536. The fourth-order valence-electron chi connectivity index (χ4n) is 2.87. The lowest BCUT2D eigenvalue weighted by molar-refractivity contribution is 0.590. The Kier molecular flexibility index (Phi) is 3.97. The maximum atomic E-state index is 4.42. The van der Waals surface area contributed by atoms with Crippen LogP contribution < -0.4 is 21.7 Å². The number of benzene rings is 2. The zero-order chi connectivity index (χ0) is 18.1. The highest BCUT2D eigenvalue weighted by molar-refractivity contribution is 5.77. The van der Waals surface area contributed by atoms with Crippen molar-refractivity contribution in [2.24, 2.45) is 0 Å². The van der Waals surface area contributed by atoms with E-state index in [-0.39, 0.29) is 8.27 Å². The van der Waals surface area contributed by atoms with Crippen molar-refractivity contribution in [3.8, 4) is 11.3 Å². The van der Waals surface area contributed by atoms with Gasteiger partial charge >= 0.3 is 0 Å². The second kappa shape index (κ2) is 6.31. The molecule has 0 unspecified atom stereocenters. The Morgan fingerprint density at radius 1 is 0.885 bits per heavy atom. The summed E-state index contributed by atoms with van der Waals surface area (Å²) < 4.78 is 0. The smallest absolute Gasteiger partial charge is 0.134 e. The van der Waals surface area contributed by atoms with E-state index >= 15 is 0 Å². The van der Waals surface area contributed by atoms with E-state index < -0.39 is 0 Å². The van der Waals surface area contributed by atoms with Gasteiger partial charge in [0.2, 0.25) is 0 Å². The molecule has 4 N–H and O–H groups in total. The van der Waals surface area contributed by atoms with Crippen molar-refractivity contribution in [1.29, 1.82) is 0 Å². The van der Waals surface area contributed by atoms with E-state index in [0.717, 1.165) is 34.1 Å². The van der Waals surface area contributed by atoms with Gasteiger partial charge in [-0.2, -0.15) is 0 Å². The molecule has 4 rings (SSSR count). The second-order valence-electron chi connectivity index (χ2n) is 7.38. The van der Waals surface area contributed by atoms with Crippen LogP contribution >= 0.6 is 0 Å². The Bertz CT molecular complexity index is 938. The van der Waals surface area contributed by atoms with Gasteiger partial charge in [-0.05, 0) is 29.2 Å². The van der Waals surface area contributed by atoms with Gasteiger partial charge in [0.25, 0.3) is 0 Å². The van der Waals surface area contributed by atoms with Gasteiger partial charge in [0, 0.05) is 20.2 Å². The van der Waals surface area contributed by atoms with Crippen LogP contribution in [0.5, 0.6) is 0 Å². The fraction of sp³-hybridized carbons (Fsp3) is 0.200. The highest BCUT2D eigenvalue weighted by Gasteiger charge is 2.13. The Hall–Kier alpha value is -3.12. The number of hydrazine groups is 2. The lowest BCUT2D eigenvalue weighted by Crippen LogP contribution is -2.19. The van der Waals surface area contributed by atoms with Crippen LogP contribution in [0.1, 0.15) is 29.2 Å². The molecule has 0 fully saturated rings. The molecule has 2 aromatic carbocycles. The maximum Gasteiger partial charge on any atom is 0.134 e. The van der Waals surface area contributed by atoms with Crippen LogP contribution in [0.15, 0.2) is 54.9 Å². The SMILES string of the molecule is CC(C)(C)c1ccc(-c2cc(Nc3ccc4c(c3)NNN4)ncn2)cc1.[HH].[HH]. The maximum absolute atomic E-state index is 4.42. The first kappa shape index (κ1) is 16.4. The van der Waals surface area contributed by atoms with Crippen molar-refractivity contribution in [1.82, 2.24) is 15.5 Å². The predicted octanol–water partition coefficient (Wildman–Crippen LogP) is 4.93. The molecule has 0 spiro atoms. The second-order valence-corrected chi connectivity index (χ2v) is 7.38. The summed E-state index contributed by atoms with van der Waals surface area (Å²) in [7, 11) is 0. The molecule has 26 heavy (non-hydrogen) atoms. The molecule has 0 bridgehead atoms. The van der Waals surface area contributed by atoms with Gasteiger partial charge in [-0.25, -0.2) is 9.97 Å². The van der Waals surface area contributed by atoms with Crippen molar-refractivity contribution < 1.29 is 2.85 Å². The first-order chi connectivity index (χ1) is 12.5. The summed E-state index contributed by atoms with van der Waals surface area (Å²) in [5, 5.41) is 3.33. The molecule has 1 aromatic heterocycles. The monoisotopic (exact) mass is 350 g/mol. The summed E-state index contributed by atoms with van der Waals surface area (Å²) in [5.74, 6) is 0.758. The van der Waals surface area contributed by atoms with Crippen LogP contribution in [-0.4, -0.2) is 9.97 Å². The van der Waals surface area contributed by atoms with E-state index in [2.05, 4.69) is 76.7 Å². The molecule has 0 saturated carbocycles.